The second kappa shape index (κ2) is 6.94. The number of carboxylic acid groups (broad SMARTS) is 1. The van der Waals surface area contributed by atoms with Crippen LogP contribution in [0.1, 0.15) is 27.0 Å². The van der Waals surface area contributed by atoms with E-state index in [1.807, 2.05) is 31.2 Å². The van der Waals surface area contributed by atoms with Gasteiger partial charge in [-0.1, -0.05) is 48.0 Å². The summed E-state index contributed by atoms with van der Waals surface area (Å²) < 4.78 is 0. The standard InChI is InChI=1S/C19H15NO4S/c1-12-5-4-6-13(9-12)11-20-17(21)16(25-19(20)24)10-14-7-2-3-8-15(14)18(22)23/h2-10H,11H2,1H3,(H,22,23)/b16-10-. The summed E-state index contributed by atoms with van der Waals surface area (Å²) >= 11 is 0.826. The third kappa shape index (κ3) is 3.64. The minimum absolute atomic E-state index is 0.0907. The number of thioether (sulfide) groups is 1. The molecule has 0 bridgehead atoms. The van der Waals surface area contributed by atoms with Crippen molar-refractivity contribution in [2.75, 3.05) is 0 Å². The number of hydrogen-bond acceptors (Lipinski definition) is 4. The van der Waals surface area contributed by atoms with Gasteiger partial charge in [0.25, 0.3) is 11.1 Å². The number of imide groups is 1. The summed E-state index contributed by atoms with van der Waals surface area (Å²) in [7, 11) is 0. The van der Waals surface area contributed by atoms with Crippen LogP contribution in [-0.2, 0) is 11.3 Å². The Labute approximate surface area is 149 Å². The van der Waals surface area contributed by atoms with Gasteiger partial charge in [-0.2, -0.15) is 0 Å². The van der Waals surface area contributed by atoms with Gasteiger partial charge in [0.2, 0.25) is 0 Å². The van der Waals surface area contributed by atoms with Crippen LogP contribution in [0.2, 0.25) is 0 Å². The molecule has 1 aliphatic heterocycles. The first-order valence-corrected chi connectivity index (χ1v) is 8.40. The SMILES string of the molecule is Cc1cccc(CN2C(=O)S/C(=C\c3ccccc3C(=O)O)C2=O)c1. The van der Waals surface area contributed by atoms with Crippen molar-refractivity contribution in [1.29, 1.82) is 0 Å². The molecule has 2 aromatic carbocycles. The lowest BCUT2D eigenvalue weighted by Gasteiger charge is -2.12. The van der Waals surface area contributed by atoms with Crippen molar-refractivity contribution < 1.29 is 19.5 Å². The third-order valence-corrected chi connectivity index (χ3v) is 4.68. The zero-order valence-electron chi connectivity index (χ0n) is 13.4. The number of carbonyl (C=O) groups excluding carboxylic acids is 2. The van der Waals surface area contributed by atoms with E-state index in [9.17, 15) is 19.5 Å². The molecule has 0 aliphatic carbocycles. The first-order valence-electron chi connectivity index (χ1n) is 7.59. The molecule has 1 heterocycles. The maximum Gasteiger partial charge on any atom is 0.336 e. The fourth-order valence-corrected chi connectivity index (χ4v) is 3.42. The predicted molar refractivity (Wildman–Crippen MR) is 96.1 cm³/mol. The lowest BCUT2D eigenvalue weighted by Crippen LogP contribution is -2.27. The Morgan fingerprint density at radius 1 is 1.16 bits per heavy atom. The van der Waals surface area contributed by atoms with Crippen LogP contribution in [0.4, 0.5) is 4.79 Å². The van der Waals surface area contributed by atoms with Gasteiger partial charge in [0.15, 0.2) is 0 Å². The molecule has 2 amide bonds. The van der Waals surface area contributed by atoms with Crippen LogP contribution in [0, 0.1) is 6.92 Å². The first-order chi connectivity index (χ1) is 12.0. The number of aromatic carboxylic acids is 1. The molecular weight excluding hydrogens is 338 g/mol. The highest BCUT2D eigenvalue weighted by atomic mass is 32.2. The van der Waals surface area contributed by atoms with Crippen molar-refractivity contribution in [1.82, 2.24) is 4.90 Å². The summed E-state index contributed by atoms with van der Waals surface area (Å²) in [6.45, 7) is 2.14. The van der Waals surface area contributed by atoms with E-state index in [-0.39, 0.29) is 22.3 Å². The van der Waals surface area contributed by atoms with E-state index in [0.717, 1.165) is 22.9 Å². The molecule has 3 rings (SSSR count). The van der Waals surface area contributed by atoms with Gasteiger partial charge < -0.3 is 5.11 Å². The molecule has 0 radical (unpaired) electrons. The van der Waals surface area contributed by atoms with Gasteiger partial charge in [-0.25, -0.2) is 4.79 Å². The highest BCUT2D eigenvalue weighted by molar-refractivity contribution is 8.18. The molecular formula is C19H15NO4S. The molecule has 6 heteroatoms. The van der Waals surface area contributed by atoms with Gasteiger partial charge in [0, 0.05) is 0 Å². The van der Waals surface area contributed by atoms with Crippen LogP contribution in [0.3, 0.4) is 0 Å². The number of hydrogen-bond donors (Lipinski definition) is 1. The summed E-state index contributed by atoms with van der Waals surface area (Å²) in [5, 5.41) is 8.88. The van der Waals surface area contributed by atoms with Gasteiger partial charge in [-0.3, -0.25) is 14.5 Å². The number of benzene rings is 2. The number of aryl methyl sites for hydroxylation is 1. The molecule has 0 aromatic heterocycles. The molecule has 25 heavy (non-hydrogen) atoms. The summed E-state index contributed by atoms with van der Waals surface area (Å²) in [6, 6.07) is 14.0. The van der Waals surface area contributed by atoms with E-state index in [1.165, 1.54) is 17.0 Å². The van der Waals surface area contributed by atoms with Crippen molar-refractivity contribution in [3.05, 3.63) is 75.7 Å². The van der Waals surface area contributed by atoms with Gasteiger partial charge in [0.05, 0.1) is 17.0 Å². The summed E-state index contributed by atoms with van der Waals surface area (Å²) in [4.78, 5) is 37.4. The molecule has 0 saturated carbocycles. The van der Waals surface area contributed by atoms with Crippen molar-refractivity contribution in [2.45, 2.75) is 13.5 Å². The quantitative estimate of drug-likeness (QED) is 0.843. The van der Waals surface area contributed by atoms with Crippen LogP contribution in [0.15, 0.2) is 53.4 Å². The maximum atomic E-state index is 12.6. The highest BCUT2D eigenvalue weighted by Crippen LogP contribution is 2.33. The van der Waals surface area contributed by atoms with E-state index < -0.39 is 11.9 Å². The smallest absolute Gasteiger partial charge is 0.336 e. The largest absolute Gasteiger partial charge is 0.478 e. The van der Waals surface area contributed by atoms with Crippen molar-refractivity contribution in [2.24, 2.45) is 0 Å². The lowest BCUT2D eigenvalue weighted by atomic mass is 10.1. The van der Waals surface area contributed by atoms with E-state index in [0.29, 0.717) is 5.56 Å². The van der Waals surface area contributed by atoms with Crippen molar-refractivity contribution >= 4 is 35.0 Å². The average Bonchev–Trinajstić information content (AvgIpc) is 2.83. The Hall–Kier alpha value is -2.86. The van der Waals surface area contributed by atoms with Gasteiger partial charge in [0.1, 0.15) is 0 Å². The highest BCUT2D eigenvalue weighted by Gasteiger charge is 2.35. The van der Waals surface area contributed by atoms with Crippen LogP contribution < -0.4 is 0 Å². The second-order valence-electron chi connectivity index (χ2n) is 5.65. The Morgan fingerprint density at radius 2 is 1.92 bits per heavy atom. The number of amides is 2. The normalized spacial score (nSPS) is 15.9. The topological polar surface area (TPSA) is 74.7 Å². The average molecular weight is 353 g/mol. The molecule has 1 fully saturated rings. The minimum Gasteiger partial charge on any atom is -0.478 e. The fourth-order valence-electron chi connectivity index (χ4n) is 2.59. The number of nitrogens with zero attached hydrogens (tertiary/aromatic N) is 1. The molecule has 0 spiro atoms. The van der Waals surface area contributed by atoms with E-state index in [1.54, 1.807) is 18.2 Å². The lowest BCUT2D eigenvalue weighted by molar-refractivity contribution is -0.123. The maximum absolute atomic E-state index is 12.6. The summed E-state index contributed by atoms with van der Waals surface area (Å²) in [5.41, 5.74) is 2.41. The Morgan fingerprint density at radius 3 is 2.64 bits per heavy atom. The molecule has 0 unspecified atom stereocenters. The van der Waals surface area contributed by atoms with E-state index in [2.05, 4.69) is 0 Å². The van der Waals surface area contributed by atoms with Crippen LogP contribution in [0.25, 0.3) is 6.08 Å². The predicted octanol–water partition coefficient (Wildman–Crippen LogP) is 3.93. The molecule has 1 N–H and O–H groups in total. The summed E-state index contributed by atoms with van der Waals surface area (Å²) in [6.07, 6.45) is 1.46. The third-order valence-electron chi connectivity index (χ3n) is 3.77. The number of carbonyl (C=O) groups is 3. The Kier molecular flexibility index (Phi) is 4.72. The van der Waals surface area contributed by atoms with Crippen LogP contribution in [0.5, 0.6) is 0 Å². The summed E-state index contributed by atoms with van der Waals surface area (Å²) in [5.74, 6) is -1.48. The molecule has 2 aromatic rings. The van der Waals surface area contributed by atoms with Crippen molar-refractivity contribution in [3.8, 4) is 0 Å². The zero-order chi connectivity index (χ0) is 18.0. The van der Waals surface area contributed by atoms with Crippen molar-refractivity contribution in [3.63, 3.8) is 0 Å². The number of carboxylic acids is 1. The fraction of sp³-hybridized carbons (Fsp3) is 0.105. The number of rotatable bonds is 4. The molecule has 5 nitrogen and oxygen atoms in total. The minimum atomic E-state index is -1.08. The molecule has 126 valence electrons. The molecule has 1 aliphatic rings. The Bertz CT molecular complexity index is 904. The van der Waals surface area contributed by atoms with E-state index in [4.69, 9.17) is 0 Å². The van der Waals surface area contributed by atoms with Crippen LogP contribution in [-0.4, -0.2) is 27.1 Å². The second-order valence-corrected chi connectivity index (χ2v) is 6.64. The molecule has 1 saturated heterocycles. The van der Waals surface area contributed by atoms with E-state index >= 15 is 0 Å². The zero-order valence-corrected chi connectivity index (χ0v) is 14.2. The first kappa shape index (κ1) is 17.0. The monoisotopic (exact) mass is 353 g/mol. The Balaban J connectivity index is 1.88. The van der Waals surface area contributed by atoms with Gasteiger partial charge >= 0.3 is 5.97 Å². The van der Waals surface area contributed by atoms with Gasteiger partial charge in [-0.15, -0.1) is 0 Å². The van der Waals surface area contributed by atoms with Gasteiger partial charge in [-0.05, 0) is 42.0 Å². The molecule has 0 atom stereocenters. The van der Waals surface area contributed by atoms with Crippen LogP contribution >= 0.6 is 11.8 Å².